The first kappa shape index (κ1) is 21.6. The molecular weight excluding hydrogens is 431 g/mol. The van der Waals surface area contributed by atoms with Crippen molar-refractivity contribution in [1.82, 2.24) is 4.57 Å². The predicted octanol–water partition coefficient (Wildman–Crippen LogP) is 5.51. The van der Waals surface area contributed by atoms with Crippen molar-refractivity contribution >= 4 is 34.0 Å². The molecule has 34 heavy (non-hydrogen) atoms. The summed E-state index contributed by atoms with van der Waals surface area (Å²) in [6.45, 7) is 2.04. The lowest BCUT2D eigenvalue weighted by Gasteiger charge is -2.25. The van der Waals surface area contributed by atoms with Crippen LogP contribution in [0.1, 0.15) is 29.7 Å². The number of aliphatic hydroxyl groups is 1. The number of aryl methyl sites for hydroxylation is 2. The predicted molar refractivity (Wildman–Crippen MR) is 130 cm³/mol. The van der Waals surface area contributed by atoms with Crippen LogP contribution in [0.25, 0.3) is 16.7 Å². The highest BCUT2D eigenvalue weighted by molar-refractivity contribution is 6.51. The lowest BCUT2D eigenvalue weighted by molar-refractivity contribution is -0.132. The van der Waals surface area contributed by atoms with Crippen LogP contribution in [0.3, 0.4) is 0 Å². The molecule has 1 aliphatic heterocycles. The van der Waals surface area contributed by atoms with Crippen molar-refractivity contribution in [1.29, 1.82) is 0 Å². The Balaban J connectivity index is 1.78. The number of Topliss-reactive ketones (excluding diaryl/α,β-unsaturated/α-hetero) is 1. The van der Waals surface area contributed by atoms with E-state index < -0.39 is 23.5 Å². The largest absolute Gasteiger partial charge is 0.507 e. The van der Waals surface area contributed by atoms with Gasteiger partial charge in [-0.3, -0.25) is 14.5 Å². The summed E-state index contributed by atoms with van der Waals surface area (Å²) in [6.07, 6.45) is 2.73. The zero-order chi connectivity index (χ0) is 24.0. The van der Waals surface area contributed by atoms with Crippen LogP contribution in [-0.4, -0.2) is 21.4 Å². The third kappa shape index (κ3) is 3.39. The van der Waals surface area contributed by atoms with E-state index in [0.29, 0.717) is 5.69 Å². The Bertz CT molecular complexity index is 1450. The fourth-order valence-electron chi connectivity index (χ4n) is 4.64. The van der Waals surface area contributed by atoms with E-state index in [9.17, 15) is 19.1 Å². The Morgan fingerprint density at radius 1 is 0.971 bits per heavy atom. The number of carbonyl (C=O) groups is 2. The van der Waals surface area contributed by atoms with Crippen LogP contribution in [-0.2, 0) is 23.1 Å². The minimum Gasteiger partial charge on any atom is -0.507 e. The number of para-hydroxylation sites is 1. The molecule has 0 bridgehead atoms. The summed E-state index contributed by atoms with van der Waals surface area (Å²) in [7, 11) is 1.90. The van der Waals surface area contributed by atoms with Gasteiger partial charge in [0.2, 0.25) is 0 Å². The van der Waals surface area contributed by atoms with Crippen LogP contribution in [0.2, 0.25) is 0 Å². The number of amides is 1. The highest BCUT2D eigenvalue weighted by Gasteiger charge is 2.47. The maximum Gasteiger partial charge on any atom is 0.300 e. The van der Waals surface area contributed by atoms with E-state index in [1.165, 1.54) is 29.2 Å². The van der Waals surface area contributed by atoms with Crippen molar-refractivity contribution in [2.75, 3.05) is 4.90 Å². The SMILES string of the molecule is CCc1ccc(N2C(=O)C(=O)/C(=C(/O)c3ccc(F)cc3)C2c2cn(C)c3ccccc23)cc1. The zero-order valence-electron chi connectivity index (χ0n) is 18.8. The number of carbonyl (C=O) groups excluding carboxylic acids is 2. The van der Waals surface area contributed by atoms with Gasteiger partial charge in [0, 0.05) is 41.0 Å². The van der Waals surface area contributed by atoms with Crippen molar-refractivity contribution in [2.24, 2.45) is 7.05 Å². The molecule has 2 heterocycles. The highest BCUT2D eigenvalue weighted by atomic mass is 19.1. The first-order valence-electron chi connectivity index (χ1n) is 11.1. The average Bonchev–Trinajstić information content (AvgIpc) is 3.32. The molecule has 1 N–H and O–H groups in total. The van der Waals surface area contributed by atoms with Crippen molar-refractivity contribution in [3.05, 3.63) is 107 Å². The molecule has 1 unspecified atom stereocenters. The summed E-state index contributed by atoms with van der Waals surface area (Å²) in [6, 6.07) is 19.6. The Morgan fingerprint density at radius 3 is 2.32 bits per heavy atom. The quantitative estimate of drug-likeness (QED) is 0.251. The molecule has 1 aromatic heterocycles. The summed E-state index contributed by atoms with van der Waals surface area (Å²) in [4.78, 5) is 28.1. The minimum absolute atomic E-state index is 0.0208. The van der Waals surface area contributed by atoms with Gasteiger partial charge in [0.25, 0.3) is 11.7 Å². The van der Waals surface area contributed by atoms with Crippen molar-refractivity contribution in [2.45, 2.75) is 19.4 Å². The topological polar surface area (TPSA) is 62.5 Å². The van der Waals surface area contributed by atoms with Gasteiger partial charge in [-0.05, 0) is 54.4 Å². The second kappa shape index (κ2) is 8.30. The summed E-state index contributed by atoms with van der Waals surface area (Å²) in [5.74, 6) is -2.28. The number of benzene rings is 3. The Morgan fingerprint density at radius 2 is 1.65 bits per heavy atom. The van der Waals surface area contributed by atoms with E-state index in [1.807, 2.05) is 73.3 Å². The fourth-order valence-corrected chi connectivity index (χ4v) is 4.64. The van der Waals surface area contributed by atoms with Gasteiger partial charge in [0.1, 0.15) is 11.6 Å². The lowest BCUT2D eigenvalue weighted by Crippen LogP contribution is -2.29. The van der Waals surface area contributed by atoms with Crippen LogP contribution in [0.5, 0.6) is 0 Å². The van der Waals surface area contributed by atoms with E-state index in [4.69, 9.17) is 0 Å². The first-order valence-corrected chi connectivity index (χ1v) is 11.1. The maximum atomic E-state index is 13.5. The molecule has 1 aliphatic rings. The van der Waals surface area contributed by atoms with Crippen LogP contribution >= 0.6 is 0 Å². The summed E-state index contributed by atoms with van der Waals surface area (Å²) in [5, 5.41) is 12.1. The normalized spacial score (nSPS) is 17.6. The number of fused-ring (bicyclic) bond motifs is 1. The molecule has 6 heteroatoms. The summed E-state index contributed by atoms with van der Waals surface area (Å²) < 4.78 is 15.4. The van der Waals surface area contributed by atoms with Crippen LogP contribution < -0.4 is 4.90 Å². The van der Waals surface area contributed by atoms with Gasteiger partial charge in [-0.15, -0.1) is 0 Å². The number of nitrogens with zero attached hydrogens (tertiary/aromatic N) is 2. The van der Waals surface area contributed by atoms with E-state index in [1.54, 1.807) is 0 Å². The summed E-state index contributed by atoms with van der Waals surface area (Å²) >= 11 is 0. The molecule has 4 aromatic rings. The Labute approximate surface area is 196 Å². The molecule has 0 saturated carbocycles. The van der Waals surface area contributed by atoms with Gasteiger partial charge in [-0.25, -0.2) is 4.39 Å². The van der Waals surface area contributed by atoms with Crippen LogP contribution in [0.4, 0.5) is 10.1 Å². The molecule has 170 valence electrons. The number of hydrogen-bond acceptors (Lipinski definition) is 3. The van der Waals surface area contributed by atoms with Crippen LogP contribution in [0.15, 0.2) is 84.6 Å². The number of aromatic nitrogens is 1. The van der Waals surface area contributed by atoms with E-state index >= 15 is 0 Å². The number of hydrogen-bond donors (Lipinski definition) is 1. The zero-order valence-corrected chi connectivity index (χ0v) is 18.8. The Hall–Kier alpha value is -4.19. The van der Waals surface area contributed by atoms with Crippen LogP contribution in [0, 0.1) is 5.82 Å². The highest BCUT2D eigenvalue weighted by Crippen LogP contribution is 2.44. The van der Waals surface area contributed by atoms with Gasteiger partial charge in [-0.1, -0.05) is 37.3 Å². The third-order valence-electron chi connectivity index (χ3n) is 6.41. The molecular formula is C28H23FN2O3. The standard InChI is InChI=1S/C28H23FN2O3/c1-3-17-8-14-20(15-9-17)31-25(22-16-30(2)23-7-5-4-6-21(22)23)24(27(33)28(31)34)26(32)18-10-12-19(29)13-11-18/h4-16,25,32H,3H2,1-2H3/b26-24+. The molecule has 1 amide bonds. The maximum absolute atomic E-state index is 13.5. The second-order valence-corrected chi connectivity index (χ2v) is 8.41. The van der Waals surface area contributed by atoms with Crippen molar-refractivity contribution in [3.63, 3.8) is 0 Å². The number of ketones is 1. The smallest absolute Gasteiger partial charge is 0.300 e. The fraction of sp³-hybridized carbons (Fsp3) is 0.143. The monoisotopic (exact) mass is 454 g/mol. The van der Waals surface area contributed by atoms with E-state index in [2.05, 4.69) is 0 Å². The number of aliphatic hydroxyl groups excluding tert-OH is 1. The number of halogens is 1. The van der Waals surface area contributed by atoms with Gasteiger partial charge >= 0.3 is 0 Å². The molecule has 5 rings (SSSR count). The van der Waals surface area contributed by atoms with Gasteiger partial charge in [-0.2, -0.15) is 0 Å². The molecule has 0 radical (unpaired) electrons. The first-order chi connectivity index (χ1) is 16.4. The second-order valence-electron chi connectivity index (χ2n) is 8.41. The summed E-state index contributed by atoms with van der Waals surface area (Å²) in [5.41, 5.74) is 3.58. The van der Waals surface area contributed by atoms with Crippen molar-refractivity contribution in [3.8, 4) is 0 Å². The van der Waals surface area contributed by atoms with Crippen molar-refractivity contribution < 1.29 is 19.1 Å². The molecule has 1 fully saturated rings. The van der Waals surface area contributed by atoms with E-state index in [0.717, 1.165) is 28.5 Å². The number of rotatable bonds is 4. The minimum atomic E-state index is -0.844. The third-order valence-corrected chi connectivity index (χ3v) is 6.41. The molecule has 1 atom stereocenters. The molecule has 1 saturated heterocycles. The Kier molecular flexibility index (Phi) is 5.28. The molecule has 5 nitrogen and oxygen atoms in total. The molecule has 0 spiro atoms. The molecule has 0 aliphatic carbocycles. The lowest BCUT2D eigenvalue weighted by atomic mass is 9.94. The number of anilines is 1. The van der Waals surface area contributed by atoms with Gasteiger partial charge in [0.15, 0.2) is 0 Å². The van der Waals surface area contributed by atoms with Gasteiger partial charge in [0.05, 0.1) is 11.6 Å². The average molecular weight is 455 g/mol. The van der Waals surface area contributed by atoms with Gasteiger partial charge < -0.3 is 9.67 Å². The van der Waals surface area contributed by atoms with E-state index in [-0.39, 0.29) is 16.9 Å². The molecule has 3 aromatic carbocycles.